The number of phosphoric ester groups is 1. The minimum absolute atomic E-state index is 0.0487. The van der Waals surface area contributed by atoms with Gasteiger partial charge in [-0.1, -0.05) is 242 Å². The van der Waals surface area contributed by atoms with Gasteiger partial charge in [0.25, 0.3) is 0 Å². The van der Waals surface area contributed by atoms with E-state index in [1.54, 1.807) is 6.08 Å². The fourth-order valence-corrected chi connectivity index (χ4v) is 9.08. The number of quaternary nitrogens is 1. The number of allylic oxidation sites excluding steroid dienone is 9. The number of aliphatic hydroxyl groups is 1. The summed E-state index contributed by atoms with van der Waals surface area (Å²) >= 11 is 0. The number of likely N-dealkylation sites (N-methyl/N-ethyl adjacent to an activating group) is 1. The van der Waals surface area contributed by atoms with Crippen LogP contribution in [0, 0.1) is 0 Å². The predicted octanol–water partition coefficient (Wildman–Crippen LogP) is 17.7. The van der Waals surface area contributed by atoms with Gasteiger partial charge in [-0.3, -0.25) is 13.8 Å². The third-order valence-corrected chi connectivity index (χ3v) is 13.9. The first kappa shape index (κ1) is 67.2. The number of aliphatic hydroxyl groups excluding tert-OH is 1. The zero-order chi connectivity index (χ0) is 50.6. The van der Waals surface area contributed by atoms with Crippen molar-refractivity contribution in [2.45, 2.75) is 276 Å². The summed E-state index contributed by atoms with van der Waals surface area (Å²) in [5.74, 6) is -0.205. The first-order chi connectivity index (χ1) is 33.5. The van der Waals surface area contributed by atoms with E-state index < -0.39 is 20.0 Å². The van der Waals surface area contributed by atoms with E-state index in [0.717, 1.165) is 70.6 Å². The smallest absolute Gasteiger partial charge is 0.387 e. The highest BCUT2D eigenvalue weighted by molar-refractivity contribution is 7.47. The first-order valence-corrected chi connectivity index (χ1v) is 30.7. The molecule has 1 amide bonds. The Hall–Kier alpha value is -1.80. The van der Waals surface area contributed by atoms with Crippen LogP contribution in [-0.4, -0.2) is 73.4 Å². The minimum Gasteiger partial charge on any atom is -0.387 e. The van der Waals surface area contributed by atoms with Crippen molar-refractivity contribution in [3.8, 4) is 0 Å². The Bertz CT molecular complexity index is 1310. The molecule has 0 aliphatic heterocycles. The number of hydrogen-bond acceptors (Lipinski definition) is 5. The summed E-state index contributed by atoms with van der Waals surface area (Å²) in [6.45, 7) is 4.77. The molecule has 0 fully saturated rings. The van der Waals surface area contributed by atoms with E-state index in [9.17, 15) is 19.4 Å². The highest BCUT2D eigenvalue weighted by Gasteiger charge is 2.27. The Labute approximate surface area is 428 Å². The molecule has 3 atom stereocenters. The van der Waals surface area contributed by atoms with Gasteiger partial charge in [0, 0.05) is 6.42 Å². The van der Waals surface area contributed by atoms with Crippen LogP contribution in [0.15, 0.2) is 60.8 Å². The number of unbranched alkanes of at least 4 members (excludes halogenated alkanes) is 32. The summed E-state index contributed by atoms with van der Waals surface area (Å²) in [7, 11) is 1.53. The SMILES string of the molecule is CCCCCC/C=C\C/C=C\CCCCCCCC(=O)NC(COP(=O)(O)OCC[N+](C)(C)C)C(O)/C=C/CC/C=C/CC/C=C/CCCCCCCCCCCCCCCCCCCCCCC. The summed E-state index contributed by atoms with van der Waals surface area (Å²) in [6.07, 6.45) is 69.1. The number of nitrogens with zero attached hydrogens (tertiary/aromatic N) is 1. The molecule has 69 heavy (non-hydrogen) atoms. The molecule has 0 radical (unpaired) electrons. The summed E-state index contributed by atoms with van der Waals surface area (Å²) in [5.41, 5.74) is 0. The van der Waals surface area contributed by atoms with Crippen molar-refractivity contribution < 1.29 is 32.9 Å². The van der Waals surface area contributed by atoms with Gasteiger partial charge in [0.2, 0.25) is 5.91 Å². The molecule has 0 bridgehead atoms. The molecule has 9 heteroatoms. The quantitative estimate of drug-likeness (QED) is 0.0243. The van der Waals surface area contributed by atoms with Crippen molar-refractivity contribution in [2.24, 2.45) is 0 Å². The van der Waals surface area contributed by atoms with Gasteiger partial charge in [-0.2, -0.15) is 0 Å². The van der Waals surface area contributed by atoms with Gasteiger partial charge in [-0.25, -0.2) is 4.57 Å². The molecule has 0 aromatic carbocycles. The Morgan fingerprint density at radius 2 is 0.841 bits per heavy atom. The van der Waals surface area contributed by atoms with Crippen molar-refractivity contribution in [3.05, 3.63) is 60.8 Å². The van der Waals surface area contributed by atoms with Gasteiger partial charge in [-0.15, -0.1) is 0 Å². The van der Waals surface area contributed by atoms with E-state index in [1.807, 2.05) is 27.2 Å². The molecule has 0 aromatic heterocycles. The zero-order valence-corrected chi connectivity index (χ0v) is 46.9. The van der Waals surface area contributed by atoms with Gasteiger partial charge in [-0.05, 0) is 77.0 Å². The largest absolute Gasteiger partial charge is 0.472 e. The van der Waals surface area contributed by atoms with Crippen LogP contribution >= 0.6 is 7.82 Å². The van der Waals surface area contributed by atoms with E-state index in [2.05, 4.69) is 67.8 Å². The number of phosphoric acid groups is 1. The molecule has 0 saturated heterocycles. The zero-order valence-electron chi connectivity index (χ0n) is 46.0. The van der Waals surface area contributed by atoms with Crippen molar-refractivity contribution >= 4 is 13.7 Å². The summed E-state index contributed by atoms with van der Waals surface area (Å²) in [5, 5.41) is 13.9. The fourth-order valence-electron chi connectivity index (χ4n) is 8.34. The number of carbonyl (C=O) groups is 1. The third kappa shape index (κ3) is 53.8. The molecular weight excluding hydrogens is 876 g/mol. The lowest BCUT2D eigenvalue weighted by Gasteiger charge is -2.25. The molecule has 3 N–H and O–H groups in total. The van der Waals surface area contributed by atoms with Gasteiger partial charge in [0.15, 0.2) is 0 Å². The van der Waals surface area contributed by atoms with Gasteiger partial charge in [0.05, 0.1) is 39.9 Å². The Balaban J connectivity index is 4.22. The van der Waals surface area contributed by atoms with Gasteiger partial charge in [0.1, 0.15) is 13.2 Å². The Morgan fingerprint density at radius 3 is 1.26 bits per heavy atom. The van der Waals surface area contributed by atoms with Crippen LogP contribution in [0.5, 0.6) is 0 Å². The molecule has 0 aliphatic carbocycles. The lowest BCUT2D eigenvalue weighted by Crippen LogP contribution is -2.45. The van der Waals surface area contributed by atoms with Crippen molar-refractivity contribution in [1.29, 1.82) is 0 Å². The lowest BCUT2D eigenvalue weighted by atomic mass is 10.0. The second-order valence-corrected chi connectivity index (χ2v) is 22.4. The van der Waals surface area contributed by atoms with Crippen LogP contribution in [0.25, 0.3) is 0 Å². The second-order valence-electron chi connectivity index (χ2n) is 21.0. The maximum atomic E-state index is 12.9. The Kier molecular flexibility index (Phi) is 49.8. The summed E-state index contributed by atoms with van der Waals surface area (Å²) < 4.78 is 23.6. The minimum atomic E-state index is -4.36. The molecule has 3 unspecified atom stereocenters. The molecule has 0 aliphatic rings. The van der Waals surface area contributed by atoms with Gasteiger partial charge >= 0.3 is 7.82 Å². The molecule has 8 nitrogen and oxygen atoms in total. The maximum absolute atomic E-state index is 12.9. The molecule has 0 rings (SSSR count). The number of hydrogen-bond donors (Lipinski definition) is 3. The van der Waals surface area contributed by atoms with Crippen molar-refractivity contribution in [1.82, 2.24) is 5.32 Å². The van der Waals surface area contributed by atoms with E-state index in [0.29, 0.717) is 17.4 Å². The molecule has 0 saturated carbocycles. The van der Waals surface area contributed by atoms with Crippen molar-refractivity contribution in [2.75, 3.05) is 40.9 Å². The molecule has 0 heterocycles. The van der Waals surface area contributed by atoms with Crippen LogP contribution in [-0.2, 0) is 18.4 Å². The predicted molar refractivity (Wildman–Crippen MR) is 300 cm³/mol. The third-order valence-electron chi connectivity index (χ3n) is 12.9. The molecule has 404 valence electrons. The number of nitrogens with one attached hydrogen (secondary N) is 1. The summed E-state index contributed by atoms with van der Waals surface area (Å²) in [6, 6.07) is -0.880. The summed E-state index contributed by atoms with van der Waals surface area (Å²) in [4.78, 5) is 23.2. The highest BCUT2D eigenvalue weighted by Crippen LogP contribution is 2.43. The number of carbonyl (C=O) groups excluding carboxylic acids is 1. The number of amides is 1. The normalized spacial score (nSPS) is 14.4. The average molecular weight is 991 g/mol. The van der Waals surface area contributed by atoms with Crippen LogP contribution in [0.1, 0.15) is 264 Å². The molecule has 0 aromatic rings. The average Bonchev–Trinajstić information content (AvgIpc) is 3.31. The van der Waals surface area contributed by atoms with Crippen molar-refractivity contribution in [3.63, 3.8) is 0 Å². The monoisotopic (exact) mass is 990 g/mol. The van der Waals surface area contributed by atoms with E-state index >= 15 is 0 Å². The van der Waals surface area contributed by atoms with Crippen LogP contribution < -0.4 is 5.32 Å². The fraction of sp³-hybridized carbons (Fsp3) is 0.817. The molecule has 0 spiro atoms. The van der Waals surface area contributed by atoms with Crippen LogP contribution in [0.4, 0.5) is 0 Å². The topological polar surface area (TPSA) is 105 Å². The van der Waals surface area contributed by atoms with Gasteiger partial charge < -0.3 is 19.8 Å². The standard InChI is InChI=1S/C60H113N2O6P/c1-6-8-10-12-14-16-18-20-22-24-25-26-27-28-29-30-31-32-33-34-35-36-37-38-39-41-43-45-47-49-51-53-59(63)58(57-68-69(65,66)67-56-55-62(3,4)5)61-60(64)54-52-50-48-46-44-42-40-23-21-19-17-15-13-11-9-7-2/h17,19,23,37-38,40,43,45,51,53,58-59,63H,6-16,18,20-22,24-36,39,41-42,44,46-50,52,54-57H2,1-5H3,(H-,61,64,65,66)/p+1/b19-17-,38-37+,40-23-,45-43+,53-51+. The maximum Gasteiger partial charge on any atom is 0.472 e. The molecular formula is C60H114N2O6P+. The lowest BCUT2D eigenvalue weighted by molar-refractivity contribution is -0.870. The van der Waals surface area contributed by atoms with E-state index in [4.69, 9.17) is 9.05 Å². The highest BCUT2D eigenvalue weighted by atomic mass is 31.2. The van der Waals surface area contributed by atoms with E-state index in [-0.39, 0.29) is 19.1 Å². The first-order valence-electron chi connectivity index (χ1n) is 29.2. The Morgan fingerprint density at radius 1 is 0.493 bits per heavy atom. The number of rotatable bonds is 53. The van der Waals surface area contributed by atoms with E-state index in [1.165, 1.54) is 173 Å². The van der Waals surface area contributed by atoms with Crippen LogP contribution in [0.3, 0.4) is 0 Å². The van der Waals surface area contributed by atoms with Crippen LogP contribution in [0.2, 0.25) is 0 Å². The second kappa shape index (κ2) is 51.1.